The molecule has 0 radical (unpaired) electrons. The van der Waals surface area contributed by atoms with E-state index in [0.717, 1.165) is 28.0 Å². The van der Waals surface area contributed by atoms with Crippen molar-refractivity contribution in [3.63, 3.8) is 0 Å². The summed E-state index contributed by atoms with van der Waals surface area (Å²) in [7, 11) is 2.99. The van der Waals surface area contributed by atoms with E-state index in [1.807, 2.05) is 72.8 Å². The smallest absolute Gasteiger partial charge is 0.333 e. The number of hydrogen-bond donors (Lipinski definition) is 1. The molecular formula is C24H24O5. The van der Waals surface area contributed by atoms with Crippen LogP contribution in [0.1, 0.15) is 11.1 Å². The zero-order valence-electron chi connectivity index (χ0n) is 16.5. The molecule has 0 heterocycles. The Morgan fingerprint density at radius 1 is 0.862 bits per heavy atom. The summed E-state index contributed by atoms with van der Waals surface area (Å²) in [6.45, 7) is 0.465. The lowest BCUT2D eigenvalue weighted by molar-refractivity contribution is -0.148. The molecule has 0 aliphatic rings. The number of para-hydroxylation sites is 1. The minimum atomic E-state index is -0.991. The summed E-state index contributed by atoms with van der Waals surface area (Å²) in [6, 6.07) is 23.4. The molecule has 0 aliphatic carbocycles. The SMILES string of the molecule is COc1cc(CC(OC)C(=O)O)ccc1-c1ccccc1OCc1ccccc1. The van der Waals surface area contributed by atoms with Crippen molar-refractivity contribution in [3.8, 4) is 22.6 Å². The first-order valence-corrected chi connectivity index (χ1v) is 9.31. The monoisotopic (exact) mass is 392 g/mol. The fourth-order valence-electron chi connectivity index (χ4n) is 3.12. The molecule has 3 aromatic rings. The summed E-state index contributed by atoms with van der Waals surface area (Å²) >= 11 is 0. The molecule has 29 heavy (non-hydrogen) atoms. The Kier molecular flexibility index (Phi) is 6.87. The molecule has 5 heteroatoms. The topological polar surface area (TPSA) is 65.0 Å². The Hall–Kier alpha value is -3.31. The van der Waals surface area contributed by atoms with Crippen LogP contribution >= 0.6 is 0 Å². The van der Waals surface area contributed by atoms with E-state index in [2.05, 4.69) is 0 Å². The maximum Gasteiger partial charge on any atom is 0.333 e. The molecule has 0 fully saturated rings. The molecule has 1 atom stereocenters. The molecule has 0 bridgehead atoms. The number of ether oxygens (including phenoxy) is 3. The normalized spacial score (nSPS) is 11.7. The highest BCUT2D eigenvalue weighted by Gasteiger charge is 2.19. The Morgan fingerprint density at radius 2 is 1.55 bits per heavy atom. The summed E-state index contributed by atoms with van der Waals surface area (Å²) in [5, 5.41) is 9.21. The molecule has 0 spiro atoms. The lowest BCUT2D eigenvalue weighted by Crippen LogP contribution is -2.24. The van der Waals surface area contributed by atoms with E-state index in [9.17, 15) is 9.90 Å². The van der Waals surface area contributed by atoms with Crippen molar-refractivity contribution in [2.45, 2.75) is 19.1 Å². The van der Waals surface area contributed by atoms with Crippen LogP contribution in [0.3, 0.4) is 0 Å². The first-order valence-electron chi connectivity index (χ1n) is 9.31. The molecule has 0 saturated carbocycles. The van der Waals surface area contributed by atoms with Crippen molar-refractivity contribution < 1.29 is 24.1 Å². The molecule has 0 amide bonds. The van der Waals surface area contributed by atoms with Gasteiger partial charge in [0.1, 0.15) is 18.1 Å². The Morgan fingerprint density at radius 3 is 2.24 bits per heavy atom. The summed E-state index contributed by atoms with van der Waals surface area (Å²) in [5.74, 6) is 0.413. The van der Waals surface area contributed by atoms with Gasteiger partial charge in [-0.3, -0.25) is 0 Å². The minimum absolute atomic E-state index is 0.259. The molecule has 3 rings (SSSR count). The fraction of sp³-hybridized carbons (Fsp3) is 0.208. The average Bonchev–Trinajstić information content (AvgIpc) is 2.76. The first kappa shape index (κ1) is 20.4. The van der Waals surface area contributed by atoms with Crippen molar-refractivity contribution in [2.24, 2.45) is 0 Å². The van der Waals surface area contributed by atoms with Gasteiger partial charge in [-0.05, 0) is 23.3 Å². The van der Waals surface area contributed by atoms with Crippen LogP contribution in [0, 0.1) is 0 Å². The summed E-state index contributed by atoms with van der Waals surface area (Å²) in [4.78, 5) is 11.2. The lowest BCUT2D eigenvalue weighted by atomic mass is 9.99. The van der Waals surface area contributed by atoms with Gasteiger partial charge in [-0.15, -0.1) is 0 Å². The molecule has 5 nitrogen and oxygen atoms in total. The second-order valence-electron chi connectivity index (χ2n) is 6.57. The van der Waals surface area contributed by atoms with Crippen LogP contribution in [0.25, 0.3) is 11.1 Å². The van der Waals surface area contributed by atoms with E-state index < -0.39 is 12.1 Å². The third-order valence-corrected chi connectivity index (χ3v) is 4.66. The maximum absolute atomic E-state index is 11.2. The number of aliphatic carboxylic acids is 1. The number of carboxylic acid groups (broad SMARTS) is 1. The van der Waals surface area contributed by atoms with E-state index >= 15 is 0 Å². The van der Waals surface area contributed by atoms with E-state index in [1.54, 1.807) is 7.11 Å². The zero-order valence-corrected chi connectivity index (χ0v) is 16.5. The maximum atomic E-state index is 11.2. The second-order valence-corrected chi connectivity index (χ2v) is 6.57. The molecule has 1 N–H and O–H groups in total. The Labute approximate surface area is 170 Å². The van der Waals surface area contributed by atoms with Gasteiger partial charge < -0.3 is 19.3 Å². The Bertz CT molecular complexity index is 952. The van der Waals surface area contributed by atoms with Gasteiger partial charge in [-0.1, -0.05) is 60.7 Å². The van der Waals surface area contributed by atoms with Gasteiger partial charge in [0.2, 0.25) is 0 Å². The van der Waals surface area contributed by atoms with Crippen LogP contribution in [0.5, 0.6) is 11.5 Å². The second kappa shape index (κ2) is 9.75. The van der Waals surface area contributed by atoms with Crippen molar-refractivity contribution in [3.05, 3.63) is 83.9 Å². The summed E-state index contributed by atoms with van der Waals surface area (Å²) in [6.07, 6.45) is -0.638. The van der Waals surface area contributed by atoms with Gasteiger partial charge in [0, 0.05) is 24.7 Å². The van der Waals surface area contributed by atoms with Gasteiger partial charge in [0.15, 0.2) is 6.10 Å². The van der Waals surface area contributed by atoms with Crippen LogP contribution in [-0.2, 0) is 22.6 Å². The van der Waals surface area contributed by atoms with Gasteiger partial charge in [-0.25, -0.2) is 4.79 Å². The summed E-state index contributed by atoms with van der Waals surface area (Å²) < 4.78 is 16.7. The number of carboxylic acids is 1. The van der Waals surface area contributed by atoms with Crippen LogP contribution < -0.4 is 9.47 Å². The van der Waals surface area contributed by atoms with Crippen molar-refractivity contribution >= 4 is 5.97 Å². The standard InChI is InChI=1S/C24H24O5/c1-27-22-14-18(15-23(28-2)24(25)26)12-13-20(22)19-10-6-7-11-21(19)29-16-17-8-4-3-5-9-17/h3-14,23H,15-16H2,1-2H3,(H,25,26). The van der Waals surface area contributed by atoms with Crippen LogP contribution in [0.4, 0.5) is 0 Å². The third-order valence-electron chi connectivity index (χ3n) is 4.66. The predicted octanol–water partition coefficient (Wildman–Crippen LogP) is 4.58. The molecular weight excluding hydrogens is 368 g/mol. The number of methoxy groups -OCH3 is 2. The van der Waals surface area contributed by atoms with Crippen molar-refractivity contribution in [1.29, 1.82) is 0 Å². The van der Waals surface area contributed by atoms with E-state index in [4.69, 9.17) is 14.2 Å². The van der Waals surface area contributed by atoms with Crippen LogP contribution in [0.2, 0.25) is 0 Å². The molecule has 1 unspecified atom stereocenters. The number of benzene rings is 3. The first-order chi connectivity index (χ1) is 14.1. The minimum Gasteiger partial charge on any atom is -0.496 e. The fourth-order valence-corrected chi connectivity index (χ4v) is 3.12. The molecule has 3 aromatic carbocycles. The molecule has 0 aliphatic heterocycles. The van der Waals surface area contributed by atoms with E-state index in [-0.39, 0.29) is 6.42 Å². The number of rotatable bonds is 9. The van der Waals surface area contributed by atoms with Crippen LogP contribution in [-0.4, -0.2) is 31.4 Å². The third kappa shape index (κ3) is 5.15. The highest BCUT2D eigenvalue weighted by atomic mass is 16.5. The average molecular weight is 392 g/mol. The largest absolute Gasteiger partial charge is 0.496 e. The zero-order chi connectivity index (χ0) is 20.6. The Balaban J connectivity index is 1.87. The van der Waals surface area contributed by atoms with Gasteiger partial charge in [0.05, 0.1) is 7.11 Å². The number of carbonyl (C=O) groups is 1. The van der Waals surface area contributed by atoms with E-state index in [1.165, 1.54) is 7.11 Å². The van der Waals surface area contributed by atoms with Crippen molar-refractivity contribution in [1.82, 2.24) is 0 Å². The van der Waals surface area contributed by atoms with Crippen molar-refractivity contribution in [2.75, 3.05) is 14.2 Å². The highest BCUT2D eigenvalue weighted by molar-refractivity contribution is 5.77. The summed E-state index contributed by atoms with van der Waals surface area (Å²) in [5.41, 5.74) is 3.70. The van der Waals surface area contributed by atoms with E-state index in [0.29, 0.717) is 12.4 Å². The quantitative estimate of drug-likeness (QED) is 0.577. The van der Waals surface area contributed by atoms with Gasteiger partial charge in [-0.2, -0.15) is 0 Å². The lowest BCUT2D eigenvalue weighted by Gasteiger charge is -2.16. The van der Waals surface area contributed by atoms with Gasteiger partial charge >= 0.3 is 5.97 Å². The number of hydrogen-bond acceptors (Lipinski definition) is 4. The molecule has 0 saturated heterocycles. The highest BCUT2D eigenvalue weighted by Crippen LogP contribution is 2.37. The van der Waals surface area contributed by atoms with Gasteiger partial charge in [0.25, 0.3) is 0 Å². The van der Waals surface area contributed by atoms with Crippen LogP contribution in [0.15, 0.2) is 72.8 Å². The molecule has 0 aromatic heterocycles. The predicted molar refractivity (Wildman–Crippen MR) is 111 cm³/mol. The molecule has 150 valence electrons.